The van der Waals surface area contributed by atoms with Crippen LogP contribution in [0.4, 0.5) is 4.39 Å². The first-order chi connectivity index (χ1) is 8.88. The molecule has 0 spiro atoms. The lowest BCUT2D eigenvalue weighted by molar-refractivity contribution is -0.165. The summed E-state index contributed by atoms with van der Waals surface area (Å²) in [6.45, 7) is 3.30. The molecule has 0 aromatic heterocycles. The molecule has 1 aliphatic heterocycles. The smallest absolute Gasteiger partial charge is 0.329 e. The molecule has 1 aromatic carbocycles. The highest BCUT2D eigenvalue weighted by molar-refractivity contribution is 6.31. The van der Waals surface area contributed by atoms with Crippen LogP contribution in [-0.2, 0) is 16.1 Å². The Morgan fingerprint density at radius 1 is 1.58 bits per heavy atom. The second-order valence-corrected chi connectivity index (χ2v) is 5.42. The molecule has 19 heavy (non-hydrogen) atoms. The van der Waals surface area contributed by atoms with E-state index in [4.69, 9.17) is 21.4 Å². The number of ether oxygens (including phenoxy) is 1. The van der Waals surface area contributed by atoms with Crippen LogP contribution in [0.5, 0.6) is 0 Å². The molecule has 0 amide bonds. The number of halogens is 2. The summed E-state index contributed by atoms with van der Waals surface area (Å²) in [5.41, 5.74) is 0.278. The molecule has 0 radical (unpaired) electrons. The molecule has 0 bridgehead atoms. The fraction of sp³-hybridized carbons (Fsp3) is 0.462. The molecule has 104 valence electrons. The Balaban J connectivity index is 1.87. The first-order valence-corrected chi connectivity index (χ1v) is 6.28. The molecular formula is C13H15ClFNO3. The molecule has 1 aromatic rings. The summed E-state index contributed by atoms with van der Waals surface area (Å²) in [6, 6.07) is 4.27. The van der Waals surface area contributed by atoms with Crippen molar-refractivity contribution in [1.29, 1.82) is 0 Å². The van der Waals surface area contributed by atoms with Crippen LogP contribution in [0.2, 0.25) is 5.02 Å². The third-order valence-electron chi connectivity index (χ3n) is 3.06. The van der Waals surface area contributed by atoms with Gasteiger partial charge in [0.05, 0.1) is 5.60 Å². The van der Waals surface area contributed by atoms with Crippen LogP contribution >= 0.6 is 11.6 Å². The number of likely N-dealkylation sites (tertiary alicyclic amines) is 1. The van der Waals surface area contributed by atoms with E-state index in [0.29, 0.717) is 24.7 Å². The Kier molecular flexibility index (Phi) is 4.08. The first-order valence-electron chi connectivity index (χ1n) is 5.90. The molecule has 1 saturated heterocycles. The van der Waals surface area contributed by atoms with Crippen molar-refractivity contribution < 1.29 is 19.0 Å². The number of carboxylic acids is 1. The van der Waals surface area contributed by atoms with Crippen molar-refractivity contribution in [2.24, 2.45) is 0 Å². The van der Waals surface area contributed by atoms with Crippen molar-refractivity contribution in [3.05, 3.63) is 34.6 Å². The van der Waals surface area contributed by atoms with E-state index < -0.39 is 11.6 Å². The number of hydrogen-bond donors (Lipinski definition) is 1. The molecule has 0 unspecified atom stereocenters. The highest BCUT2D eigenvalue weighted by Gasteiger charge is 2.40. The van der Waals surface area contributed by atoms with Crippen LogP contribution in [-0.4, -0.2) is 41.3 Å². The average molecular weight is 288 g/mol. The maximum Gasteiger partial charge on any atom is 0.329 e. The van der Waals surface area contributed by atoms with Gasteiger partial charge in [-0.2, -0.15) is 0 Å². The van der Waals surface area contributed by atoms with Gasteiger partial charge in [-0.15, -0.1) is 0 Å². The Morgan fingerprint density at radius 2 is 2.26 bits per heavy atom. The minimum atomic E-state index is -0.979. The Bertz CT molecular complexity index is 489. The Hall–Kier alpha value is -1.17. The van der Waals surface area contributed by atoms with Crippen molar-refractivity contribution in [3.63, 3.8) is 0 Å². The fourth-order valence-corrected chi connectivity index (χ4v) is 2.42. The minimum Gasteiger partial charge on any atom is -0.480 e. The topological polar surface area (TPSA) is 49.8 Å². The van der Waals surface area contributed by atoms with Gasteiger partial charge in [0, 0.05) is 24.7 Å². The lowest BCUT2D eigenvalue weighted by Gasteiger charge is -2.47. The summed E-state index contributed by atoms with van der Waals surface area (Å²) < 4.78 is 18.4. The van der Waals surface area contributed by atoms with E-state index in [1.807, 2.05) is 11.8 Å². The maximum atomic E-state index is 13.1. The molecule has 2 rings (SSSR count). The van der Waals surface area contributed by atoms with Crippen molar-refractivity contribution in [1.82, 2.24) is 4.90 Å². The van der Waals surface area contributed by atoms with E-state index in [0.717, 1.165) is 5.56 Å². The molecule has 1 N–H and O–H groups in total. The van der Waals surface area contributed by atoms with Gasteiger partial charge < -0.3 is 9.84 Å². The number of nitrogens with zero attached hydrogens (tertiary/aromatic N) is 1. The van der Waals surface area contributed by atoms with E-state index in [-0.39, 0.29) is 12.4 Å². The second-order valence-electron chi connectivity index (χ2n) is 5.01. The predicted octanol–water partition coefficient (Wildman–Crippen LogP) is 2.15. The van der Waals surface area contributed by atoms with Gasteiger partial charge in [0.2, 0.25) is 0 Å². The van der Waals surface area contributed by atoms with Crippen molar-refractivity contribution in [2.75, 3.05) is 19.7 Å². The number of rotatable bonds is 5. The first kappa shape index (κ1) is 14.2. The van der Waals surface area contributed by atoms with Gasteiger partial charge in [0.25, 0.3) is 0 Å². The molecule has 1 heterocycles. The molecule has 1 aliphatic rings. The Labute approximate surface area is 115 Å². The molecular weight excluding hydrogens is 273 g/mol. The zero-order valence-electron chi connectivity index (χ0n) is 10.5. The summed E-state index contributed by atoms with van der Waals surface area (Å²) in [4.78, 5) is 12.5. The normalized spacial score (nSPS) is 18.1. The van der Waals surface area contributed by atoms with E-state index in [9.17, 15) is 9.18 Å². The van der Waals surface area contributed by atoms with Gasteiger partial charge in [0.15, 0.2) is 0 Å². The van der Waals surface area contributed by atoms with Crippen LogP contribution in [0.1, 0.15) is 12.5 Å². The number of carboxylic acid groups (broad SMARTS) is 1. The van der Waals surface area contributed by atoms with Crippen LogP contribution < -0.4 is 0 Å². The second kappa shape index (κ2) is 5.45. The van der Waals surface area contributed by atoms with E-state index >= 15 is 0 Å². The van der Waals surface area contributed by atoms with Crippen LogP contribution in [0.3, 0.4) is 0 Å². The van der Waals surface area contributed by atoms with Crippen molar-refractivity contribution in [2.45, 2.75) is 19.1 Å². The summed E-state index contributed by atoms with van der Waals surface area (Å²) in [7, 11) is 0. The van der Waals surface area contributed by atoms with Gasteiger partial charge in [-0.3, -0.25) is 4.90 Å². The van der Waals surface area contributed by atoms with Gasteiger partial charge in [-0.05, 0) is 30.7 Å². The molecule has 0 aliphatic carbocycles. The largest absolute Gasteiger partial charge is 0.480 e. The lowest BCUT2D eigenvalue weighted by Crippen LogP contribution is -2.61. The van der Waals surface area contributed by atoms with Crippen LogP contribution in [0, 0.1) is 5.82 Å². The Morgan fingerprint density at radius 3 is 2.89 bits per heavy atom. The number of benzene rings is 1. The van der Waals surface area contributed by atoms with Crippen molar-refractivity contribution in [3.8, 4) is 0 Å². The fourth-order valence-electron chi connectivity index (χ4n) is 2.24. The summed E-state index contributed by atoms with van der Waals surface area (Å²) in [5, 5.41) is 9.10. The summed E-state index contributed by atoms with van der Waals surface area (Å²) in [5.74, 6) is -1.29. The van der Waals surface area contributed by atoms with Crippen molar-refractivity contribution >= 4 is 17.6 Å². The van der Waals surface area contributed by atoms with Crippen LogP contribution in [0.25, 0.3) is 0 Å². The van der Waals surface area contributed by atoms with Gasteiger partial charge in [-0.1, -0.05) is 11.6 Å². The molecule has 4 nitrogen and oxygen atoms in total. The van der Waals surface area contributed by atoms with Gasteiger partial charge in [0.1, 0.15) is 12.4 Å². The molecule has 6 heteroatoms. The summed E-state index contributed by atoms with van der Waals surface area (Å²) in [6.07, 6.45) is 0. The number of aliphatic carboxylic acids is 1. The van der Waals surface area contributed by atoms with E-state index in [2.05, 4.69) is 0 Å². The zero-order chi connectivity index (χ0) is 14.0. The monoisotopic (exact) mass is 287 g/mol. The third kappa shape index (κ3) is 3.65. The van der Waals surface area contributed by atoms with E-state index in [1.165, 1.54) is 18.2 Å². The number of hydrogen-bond acceptors (Lipinski definition) is 3. The maximum absolute atomic E-state index is 13.1. The summed E-state index contributed by atoms with van der Waals surface area (Å²) >= 11 is 5.99. The zero-order valence-corrected chi connectivity index (χ0v) is 11.3. The third-order valence-corrected chi connectivity index (χ3v) is 3.43. The molecule has 1 fully saturated rings. The SMILES string of the molecule is CC1(OCC(=O)O)CN(Cc2cc(F)ccc2Cl)C1. The average Bonchev–Trinajstić information content (AvgIpc) is 2.29. The minimum absolute atomic E-state index is 0.301. The highest BCUT2D eigenvalue weighted by atomic mass is 35.5. The van der Waals surface area contributed by atoms with Crippen LogP contribution in [0.15, 0.2) is 18.2 Å². The van der Waals surface area contributed by atoms with Gasteiger partial charge in [-0.25, -0.2) is 9.18 Å². The number of carbonyl (C=O) groups is 1. The molecule has 0 atom stereocenters. The quantitative estimate of drug-likeness (QED) is 0.901. The lowest BCUT2D eigenvalue weighted by atomic mass is 9.95. The highest BCUT2D eigenvalue weighted by Crippen LogP contribution is 2.28. The molecule has 0 saturated carbocycles. The standard InChI is InChI=1S/C13H15ClFNO3/c1-13(19-6-12(17)18)7-16(8-13)5-9-4-10(15)2-3-11(9)14/h2-4H,5-8H2,1H3,(H,17,18). The van der Waals surface area contributed by atoms with Gasteiger partial charge >= 0.3 is 5.97 Å². The predicted molar refractivity (Wildman–Crippen MR) is 68.7 cm³/mol. The van der Waals surface area contributed by atoms with E-state index in [1.54, 1.807) is 0 Å².